The van der Waals surface area contributed by atoms with E-state index in [2.05, 4.69) is 11.9 Å². The summed E-state index contributed by atoms with van der Waals surface area (Å²) < 4.78 is 11.0. The average Bonchev–Trinajstić information content (AvgIpc) is 1.98. The second-order valence-electron chi connectivity index (χ2n) is 2.26. The van der Waals surface area contributed by atoms with Gasteiger partial charge in [-0.25, -0.2) is 4.79 Å². The summed E-state index contributed by atoms with van der Waals surface area (Å²) in [6.07, 6.45) is 4.13. The summed E-state index contributed by atoms with van der Waals surface area (Å²) in [7, 11) is 0. The third-order valence-electron chi connectivity index (χ3n) is 1.32. The Kier molecular flexibility index (Phi) is 12.2. The number of hydrogen-bond acceptors (Lipinski definition) is 2. The Hall–Kier alpha value is -0.0805. The minimum atomic E-state index is -0.754. The molecule has 0 unspecified atom stereocenters. The molecule has 1 radical (unpaired) electrons. The molecule has 0 aliphatic rings. The summed E-state index contributed by atoms with van der Waals surface area (Å²) >= 11 is 0. The van der Waals surface area contributed by atoms with Crippen LogP contribution < -0.4 is 0 Å². The van der Waals surface area contributed by atoms with E-state index < -0.39 is 5.97 Å². The molecule has 0 aliphatic heterocycles. The van der Waals surface area contributed by atoms with Crippen LogP contribution in [0.2, 0.25) is 0 Å². The van der Waals surface area contributed by atoms with Crippen molar-refractivity contribution in [1.29, 1.82) is 0 Å². The Balaban J connectivity index is 0. The second-order valence-corrected chi connectivity index (χ2v) is 2.26. The van der Waals surface area contributed by atoms with Gasteiger partial charge in [0, 0.05) is 28.0 Å². The SMILES string of the molecule is CCCCCCC(=O)OF.[Cu]. The van der Waals surface area contributed by atoms with Crippen LogP contribution in [-0.2, 0) is 26.8 Å². The molecule has 0 aliphatic carbocycles. The van der Waals surface area contributed by atoms with Crippen LogP contribution in [0.25, 0.3) is 0 Å². The molecule has 11 heavy (non-hydrogen) atoms. The first-order chi connectivity index (χ1) is 4.81. The second kappa shape index (κ2) is 9.92. The van der Waals surface area contributed by atoms with Gasteiger partial charge in [0.1, 0.15) is 0 Å². The number of carbonyl (C=O) groups is 1. The Labute approximate surface area is 76.9 Å². The molecule has 4 heteroatoms. The molecule has 0 fully saturated rings. The number of rotatable bonds is 5. The predicted molar refractivity (Wildman–Crippen MR) is 36.0 cm³/mol. The zero-order chi connectivity index (χ0) is 7.82. The molecule has 0 aromatic rings. The molecule has 0 saturated carbocycles. The summed E-state index contributed by atoms with van der Waals surface area (Å²) in [5, 5.41) is 0. The smallest absolute Gasteiger partial charge is 0.255 e. The van der Waals surface area contributed by atoms with Crippen molar-refractivity contribution >= 4 is 5.97 Å². The van der Waals surface area contributed by atoms with Gasteiger partial charge in [-0.3, -0.25) is 4.94 Å². The van der Waals surface area contributed by atoms with Gasteiger partial charge in [0.05, 0.1) is 0 Å². The van der Waals surface area contributed by atoms with Gasteiger partial charge in [-0.2, -0.15) is 0 Å². The van der Waals surface area contributed by atoms with E-state index in [0.717, 1.165) is 25.7 Å². The van der Waals surface area contributed by atoms with E-state index >= 15 is 0 Å². The number of carbonyl (C=O) groups excluding carboxylic acids is 1. The third kappa shape index (κ3) is 9.92. The molecule has 0 N–H and O–H groups in total. The zero-order valence-electron chi connectivity index (χ0n) is 6.53. The summed E-state index contributed by atoms with van der Waals surface area (Å²) in [5.74, 6) is -0.754. The molecule has 0 bridgehead atoms. The van der Waals surface area contributed by atoms with Crippen molar-refractivity contribution in [2.75, 3.05) is 0 Å². The maximum absolute atomic E-state index is 11.0. The summed E-state index contributed by atoms with van der Waals surface area (Å²) in [6.45, 7) is 2.08. The molecule has 0 atom stereocenters. The van der Waals surface area contributed by atoms with Gasteiger partial charge in [-0.15, -0.1) is 0 Å². The maximum atomic E-state index is 11.0. The normalized spacial score (nSPS) is 8.55. The van der Waals surface area contributed by atoms with Crippen LogP contribution in [0, 0.1) is 0 Å². The first-order valence-corrected chi connectivity index (χ1v) is 3.62. The van der Waals surface area contributed by atoms with Crippen molar-refractivity contribution in [2.24, 2.45) is 0 Å². The third-order valence-corrected chi connectivity index (χ3v) is 1.32. The van der Waals surface area contributed by atoms with E-state index in [1.165, 1.54) is 0 Å². The number of halogens is 1. The van der Waals surface area contributed by atoms with Crippen LogP contribution >= 0.6 is 0 Å². The van der Waals surface area contributed by atoms with Crippen LogP contribution in [0.5, 0.6) is 0 Å². The Morgan fingerprint density at radius 3 is 2.45 bits per heavy atom. The standard InChI is InChI=1S/C7H13FO2.Cu/c1-2-3-4-5-6-7(9)10-8;/h2-6H2,1H3;. The molecular weight excluding hydrogens is 199 g/mol. The van der Waals surface area contributed by atoms with Crippen LogP contribution in [-0.4, -0.2) is 5.97 Å². The van der Waals surface area contributed by atoms with Crippen molar-refractivity contribution in [1.82, 2.24) is 0 Å². The topological polar surface area (TPSA) is 26.3 Å². The van der Waals surface area contributed by atoms with E-state index in [1.807, 2.05) is 0 Å². The fourth-order valence-corrected chi connectivity index (χ4v) is 0.735. The molecule has 71 valence electrons. The van der Waals surface area contributed by atoms with Crippen molar-refractivity contribution in [3.8, 4) is 0 Å². The Bertz CT molecular complexity index is 98.4. The number of hydrogen-bond donors (Lipinski definition) is 0. The zero-order valence-corrected chi connectivity index (χ0v) is 7.47. The van der Waals surface area contributed by atoms with Gasteiger partial charge in [-0.1, -0.05) is 26.2 Å². The van der Waals surface area contributed by atoms with Gasteiger partial charge in [0.15, 0.2) is 0 Å². The minimum Gasteiger partial charge on any atom is -0.255 e. The molecule has 0 rings (SSSR count). The fraction of sp³-hybridized carbons (Fsp3) is 0.857. The predicted octanol–water partition coefficient (Wildman–Crippen LogP) is 2.38. The first-order valence-electron chi connectivity index (χ1n) is 3.62. The molecule has 0 aromatic heterocycles. The number of unbranched alkanes of at least 4 members (excludes halogenated alkanes) is 3. The molecule has 2 nitrogen and oxygen atoms in total. The van der Waals surface area contributed by atoms with Gasteiger partial charge in [-0.05, 0) is 6.42 Å². The summed E-state index contributed by atoms with van der Waals surface area (Å²) in [4.78, 5) is 13.2. The average molecular weight is 212 g/mol. The van der Waals surface area contributed by atoms with E-state index in [0.29, 0.717) is 0 Å². The molecule has 0 aromatic carbocycles. The maximum Gasteiger partial charge on any atom is 0.348 e. The van der Waals surface area contributed by atoms with Gasteiger partial charge in [0.25, 0.3) is 0 Å². The van der Waals surface area contributed by atoms with Gasteiger partial charge < -0.3 is 0 Å². The molecular formula is C7H13CuFO2. The summed E-state index contributed by atoms with van der Waals surface area (Å²) in [5.41, 5.74) is 0. The van der Waals surface area contributed by atoms with E-state index in [1.54, 1.807) is 0 Å². The summed E-state index contributed by atoms with van der Waals surface area (Å²) in [6, 6.07) is 0. The molecule has 0 amide bonds. The monoisotopic (exact) mass is 211 g/mol. The van der Waals surface area contributed by atoms with Crippen molar-refractivity contribution in [2.45, 2.75) is 39.0 Å². The Morgan fingerprint density at radius 1 is 1.36 bits per heavy atom. The molecule has 0 heterocycles. The Morgan fingerprint density at radius 2 is 2.00 bits per heavy atom. The van der Waals surface area contributed by atoms with E-state index in [4.69, 9.17) is 0 Å². The minimum absolute atomic E-state index is 0. The molecule has 0 spiro atoms. The van der Waals surface area contributed by atoms with Crippen LogP contribution in [0.3, 0.4) is 0 Å². The van der Waals surface area contributed by atoms with Gasteiger partial charge in [0.2, 0.25) is 0 Å². The van der Waals surface area contributed by atoms with Crippen LogP contribution in [0.15, 0.2) is 0 Å². The van der Waals surface area contributed by atoms with Crippen LogP contribution in [0.1, 0.15) is 39.0 Å². The first kappa shape index (κ1) is 13.5. The van der Waals surface area contributed by atoms with Crippen molar-refractivity contribution < 1.29 is 31.3 Å². The van der Waals surface area contributed by atoms with E-state index in [9.17, 15) is 9.32 Å². The fourth-order valence-electron chi connectivity index (χ4n) is 0.735. The van der Waals surface area contributed by atoms with Crippen molar-refractivity contribution in [3.05, 3.63) is 0 Å². The quantitative estimate of drug-likeness (QED) is 0.516. The molecule has 0 saturated heterocycles. The largest absolute Gasteiger partial charge is 0.348 e. The van der Waals surface area contributed by atoms with Crippen LogP contribution in [0.4, 0.5) is 4.53 Å². The van der Waals surface area contributed by atoms with Crippen molar-refractivity contribution in [3.63, 3.8) is 0 Å². The van der Waals surface area contributed by atoms with E-state index in [-0.39, 0.29) is 23.5 Å². The van der Waals surface area contributed by atoms with Gasteiger partial charge >= 0.3 is 5.97 Å².